The summed E-state index contributed by atoms with van der Waals surface area (Å²) in [7, 11) is 0. The topological polar surface area (TPSA) is 30.5 Å². The highest BCUT2D eigenvalue weighted by atomic mass is 16.5. The number of hydrogen-bond donors (Lipinski definition) is 1. The highest BCUT2D eigenvalue weighted by Gasteiger charge is 2.19. The molecular weight excluding hydrogens is 178 g/mol. The fourth-order valence-electron chi connectivity index (χ4n) is 1.16. The molecule has 0 aromatic carbocycles. The molecule has 0 aromatic heterocycles. The third kappa shape index (κ3) is 7.30. The second kappa shape index (κ2) is 7.21. The average molecular weight is 201 g/mol. The molecule has 1 aliphatic carbocycles. The van der Waals surface area contributed by atoms with E-state index in [0.29, 0.717) is 5.92 Å². The maximum Gasteiger partial charge on any atom is 0.0701 e. The molecule has 1 N–H and O–H groups in total. The number of ether oxygens (including phenoxy) is 2. The van der Waals surface area contributed by atoms with Crippen molar-refractivity contribution >= 4 is 0 Å². The smallest absolute Gasteiger partial charge is 0.0701 e. The Hall–Kier alpha value is -0.120. The number of rotatable bonds is 9. The van der Waals surface area contributed by atoms with E-state index in [1.165, 1.54) is 12.8 Å². The average Bonchev–Trinajstić information content (AvgIpc) is 2.92. The van der Waals surface area contributed by atoms with Crippen molar-refractivity contribution in [2.24, 2.45) is 5.92 Å². The maximum absolute atomic E-state index is 5.41. The van der Waals surface area contributed by atoms with Crippen LogP contribution < -0.4 is 5.32 Å². The molecule has 3 nitrogen and oxygen atoms in total. The Bertz CT molecular complexity index is 127. The lowest BCUT2D eigenvalue weighted by Crippen LogP contribution is -2.22. The minimum absolute atomic E-state index is 0.617. The van der Waals surface area contributed by atoms with E-state index in [2.05, 4.69) is 19.2 Å². The molecule has 0 amide bonds. The van der Waals surface area contributed by atoms with E-state index >= 15 is 0 Å². The summed E-state index contributed by atoms with van der Waals surface area (Å²) in [6, 6.07) is 0.788. The molecule has 1 aliphatic rings. The number of hydrogen-bond acceptors (Lipinski definition) is 3. The van der Waals surface area contributed by atoms with Crippen molar-refractivity contribution in [3.8, 4) is 0 Å². The van der Waals surface area contributed by atoms with E-state index in [9.17, 15) is 0 Å². The SMILES string of the molecule is CC(C)COCCOCCNC1CC1. The Morgan fingerprint density at radius 2 is 1.86 bits per heavy atom. The van der Waals surface area contributed by atoms with Crippen molar-refractivity contribution in [1.82, 2.24) is 5.32 Å². The highest BCUT2D eigenvalue weighted by molar-refractivity contribution is 4.80. The zero-order valence-electron chi connectivity index (χ0n) is 9.42. The molecule has 14 heavy (non-hydrogen) atoms. The van der Waals surface area contributed by atoms with Gasteiger partial charge in [-0.1, -0.05) is 13.8 Å². The van der Waals surface area contributed by atoms with E-state index in [0.717, 1.165) is 39.0 Å². The van der Waals surface area contributed by atoms with Crippen LogP contribution in [0.2, 0.25) is 0 Å². The van der Waals surface area contributed by atoms with Crippen LogP contribution in [0.3, 0.4) is 0 Å². The normalized spacial score (nSPS) is 16.5. The summed E-state index contributed by atoms with van der Waals surface area (Å²) in [6.45, 7) is 8.38. The summed E-state index contributed by atoms with van der Waals surface area (Å²) in [5.41, 5.74) is 0. The lowest BCUT2D eigenvalue weighted by Gasteiger charge is -2.07. The Morgan fingerprint density at radius 3 is 2.50 bits per heavy atom. The van der Waals surface area contributed by atoms with Crippen molar-refractivity contribution in [3.05, 3.63) is 0 Å². The van der Waals surface area contributed by atoms with Crippen molar-refractivity contribution in [2.75, 3.05) is 33.0 Å². The van der Waals surface area contributed by atoms with E-state index < -0.39 is 0 Å². The van der Waals surface area contributed by atoms with Gasteiger partial charge in [-0.15, -0.1) is 0 Å². The van der Waals surface area contributed by atoms with E-state index in [4.69, 9.17) is 9.47 Å². The summed E-state index contributed by atoms with van der Waals surface area (Å²) in [6.07, 6.45) is 2.69. The summed E-state index contributed by atoms with van der Waals surface area (Å²) in [5.74, 6) is 0.617. The van der Waals surface area contributed by atoms with Gasteiger partial charge in [-0.2, -0.15) is 0 Å². The van der Waals surface area contributed by atoms with Crippen molar-refractivity contribution in [2.45, 2.75) is 32.7 Å². The van der Waals surface area contributed by atoms with Crippen LogP contribution in [0.5, 0.6) is 0 Å². The summed E-state index contributed by atoms with van der Waals surface area (Å²) >= 11 is 0. The standard InChI is InChI=1S/C11H23NO2/c1-10(2)9-14-8-7-13-6-5-12-11-3-4-11/h10-12H,3-9H2,1-2H3. The van der Waals surface area contributed by atoms with Gasteiger partial charge in [0.2, 0.25) is 0 Å². The van der Waals surface area contributed by atoms with Gasteiger partial charge in [0.15, 0.2) is 0 Å². The molecule has 0 saturated heterocycles. The zero-order valence-corrected chi connectivity index (χ0v) is 9.42. The van der Waals surface area contributed by atoms with Gasteiger partial charge in [0.25, 0.3) is 0 Å². The van der Waals surface area contributed by atoms with Gasteiger partial charge in [0, 0.05) is 19.2 Å². The Balaban J connectivity index is 1.66. The van der Waals surface area contributed by atoms with Crippen molar-refractivity contribution in [3.63, 3.8) is 0 Å². The first-order valence-corrected chi connectivity index (χ1v) is 5.68. The second-order valence-corrected chi connectivity index (χ2v) is 4.31. The number of nitrogens with one attached hydrogen (secondary N) is 1. The van der Waals surface area contributed by atoms with Crippen LogP contribution in [-0.2, 0) is 9.47 Å². The molecule has 0 heterocycles. The molecule has 0 atom stereocenters. The lowest BCUT2D eigenvalue weighted by atomic mass is 10.2. The Kier molecular flexibility index (Phi) is 6.15. The van der Waals surface area contributed by atoms with E-state index in [-0.39, 0.29) is 0 Å². The van der Waals surface area contributed by atoms with E-state index in [1.54, 1.807) is 0 Å². The van der Waals surface area contributed by atoms with Gasteiger partial charge in [-0.05, 0) is 18.8 Å². The molecule has 0 radical (unpaired) electrons. The molecule has 84 valence electrons. The first-order valence-electron chi connectivity index (χ1n) is 5.68. The minimum Gasteiger partial charge on any atom is -0.379 e. The summed E-state index contributed by atoms with van der Waals surface area (Å²) in [4.78, 5) is 0. The maximum atomic E-state index is 5.41. The monoisotopic (exact) mass is 201 g/mol. The molecule has 1 fully saturated rings. The second-order valence-electron chi connectivity index (χ2n) is 4.31. The van der Waals surface area contributed by atoms with Crippen LogP contribution in [0, 0.1) is 5.92 Å². The predicted molar refractivity (Wildman–Crippen MR) is 57.5 cm³/mol. The molecule has 0 aromatic rings. The van der Waals surface area contributed by atoms with Gasteiger partial charge >= 0.3 is 0 Å². The Morgan fingerprint density at radius 1 is 1.14 bits per heavy atom. The highest BCUT2D eigenvalue weighted by Crippen LogP contribution is 2.17. The largest absolute Gasteiger partial charge is 0.379 e. The van der Waals surface area contributed by atoms with Crippen LogP contribution >= 0.6 is 0 Å². The molecule has 1 saturated carbocycles. The first-order chi connectivity index (χ1) is 6.79. The Labute approximate surface area is 87.2 Å². The fourth-order valence-corrected chi connectivity index (χ4v) is 1.16. The van der Waals surface area contributed by atoms with Gasteiger partial charge in [0.1, 0.15) is 0 Å². The van der Waals surface area contributed by atoms with Crippen LogP contribution in [0.4, 0.5) is 0 Å². The molecule has 1 rings (SSSR count). The van der Waals surface area contributed by atoms with Crippen LogP contribution in [0.15, 0.2) is 0 Å². The van der Waals surface area contributed by atoms with Gasteiger partial charge in [-0.25, -0.2) is 0 Å². The molecule has 0 aliphatic heterocycles. The lowest BCUT2D eigenvalue weighted by molar-refractivity contribution is 0.0387. The predicted octanol–water partition coefficient (Wildman–Crippen LogP) is 1.43. The van der Waals surface area contributed by atoms with E-state index in [1.807, 2.05) is 0 Å². The quantitative estimate of drug-likeness (QED) is 0.572. The third-order valence-corrected chi connectivity index (χ3v) is 2.08. The van der Waals surface area contributed by atoms with Crippen LogP contribution in [0.25, 0.3) is 0 Å². The van der Waals surface area contributed by atoms with Crippen LogP contribution in [0.1, 0.15) is 26.7 Å². The molecule has 0 unspecified atom stereocenters. The minimum atomic E-state index is 0.617. The molecular formula is C11H23NO2. The van der Waals surface area contributed by atoms with Crippen molar-refractivity contribution in [1.29, 1.82) is 0 Å². The molecule has 0 bridgehead atoms. The molecule has 3 heteroatoms. The zero-order chi connectivity index (χ0) is 10.2. The first kappa shape index (κ1) is 12.0. The summed E-state index contributed by atoms with van der Waals surface area (Å²) in [5, 5.41) is 3.40. The van der Waals surface area contributed by atoms with Gasteiger partial charge in [-0.3, -0.25) is 0 Å². The van der Waals surface area contributed by atoms with Crippen molar-refractivity contribution < 1.29 is 9.47 Å². The van der Waals surface area contributed by atoms with Gasteiger partial charge in [0.05, 0.1) is 19.8 Å². The summed E-state index contributed by atoms with van der Waals surface area (Å²) < 4.78 is 10.8. The third-order valence-electron chi connectivity index (χ3n) is 2.08. The fraction of sp³-hybridized carbons (Fsp3) is 1.00. The van der Waals surface area contributed by atoms with Crippen LogP contribution in [-0.4, -0.2) is 39.0 Å². The molecule has 0 spiro atoms. The van der Waals surface area contributed by atoms with Gasteiger partial charge < -0.3 is 14.8 Å².